The van der Waals surface area contributed by atoms with Crippen molar-refractivity contribution in [3.8, 4) is 0 Å². The lowest BCUT2D eigenvalue weighted by Crippen LogP contribution is -2.17. The Morgan fingerprint density at radius 3 is 2.79 bits per heavy atom. The first-order valence-corrected chi connectivity index (χ1v) is 6.33. The van der Waals surface area contributed by atoms with Gasteiger partial charge in [-0.25, -0.2) is 0 Å². The Balaban J connectivity index is 2.05. The van der Waals surface area contributed by atoms with Gasteiger partial charge in [-0.05, 0) is 49.3 Å². The Bertz CT molecular complexity index is 316. The first kappa shape index (κ1) is 9.91. The van der Waals surface area contributed by atoms with E-state index in [9.17, 15) is 0 Å². The fourth-order valence-electron chi connectivity index (χ4n) is 1.72. The molecule has 0 radical (unpaired) electrons. The summed E-state index contributed by atoms with van der Waals surface area (Å²) >= 11 is 2.05. The van der Waals surface area contributed by atoms with E-state index in [1.165, 1.54) is 34.7 Å². The summed E-state index contributed by atoms with van der Waals surface area (Å²) in [6, 6.07) is 7.31. The second-order valence-corrected chi connectivity index (χ2v) is 5.15. The van der Waals surface area contributed by atoms with Crippen LogP contribution in [-0.2, 0) is 0 Å². The van der Waals surface area contributed by atoms with E-state index < -0.39 is 0 Å². The minimum atomic E-state index is 0.683. The van der Waals surface area contributed by atoms with Crippen LogP contribution < -0.4 is 5.32 Å². The number of hydrogen-bond donors (Lipinski definition) is 1. The average Bonchev–Trinajstić information content (AvgIpc) is 2.64. The largest absolute Gasteiger partial charge is 0.381 e. The molecular weight excluding hydrogens is 190 g/mol. The van der Waals surface area contributed by atoms with Crippen LogP contribution in [0, 0.1) is 13.8 Å². The Kier molecular flexibility index (Phi) is 3.02. The van der Waals surface area contributed by atoms with Crippen LogP contribution in [0.15, 0.2) is 18.2 Å². The van der Waals surface area contributed by atoms with Crippen LogP contribution >= 0.6 is 11.8 Å². The van der Waals surface area contributed by atoms with Crippen LogP contribution in [0.25, 0.3) is 0 Å². The van der Waals surface area contributed by atoms with Gasteiger partial charge in [-0.2, -0.15) is 11.8 Å². The topological polar surface area (TPSA) is 12.0 Å². The van der Waals surface area contributed by atoms with Crippen LogP contribution in [-0.4, -0.2) is 17.5 Å². The predicted molar refractivity (Wildman–Crippen MR) is 65.3 cm³/mol. The molecule has 1 atom stereocenters. The van der Waals surface area contributed by atoms with E-state index >= 15 is 0 Å². The molecule has 2 heteroatoms. The molecule has 1 heterocycles. The maximum Gasteiger partial charge on any atom is 0.0359 e. The number of hydrogen-bond acceptors (Lipinski definition) is 2. The van der Waals surface area contributed by atoms with Gasteiger partial charge in [-0.3, -0.25) is 0 Å². The molecule has 1 aromatic carbocycles. The van der Waals surface area contributed by atoms with Crippen molar-refractivity contribution in [1.82, 2.24) is 0 Å². The normalized spacial score (nSPS) is 21.1. The second kappa shape index (κ2) is 4.26. The van der Waals surface area contributed by atoms with Crippen molar-refractivity contribution in [3.05, 3.63) is 29.3 Å². The lowest BCUT2D eigenvalue weighted by molar-refractivity contribution is 0.813. The van der Waals surface area contributed by atoms with Gasteiger partial charge < -0.3 is 5.32 Å². The molecule has 14 heavy (non-hydrogen) atoms. The summed E-state index contributed by atoms with van der Waals surface area (Å²) in [6.45, 7) is 4.33. The minimum absolute atomic E-state index is 0.683. The molecule has 2 rings (SSSR count). The van der Waals surface area contributed by atoms with E-state index in [0.29, 0.717) is 6.04 Å². The zero-order chi connectivity index (χ0) is 9.97. The number of aryl methyl sites for hydroxylation is 2. The van der Waals surface area contributed by atoms with Gasteiger partial charge in [0.05, 0.1) is 0 Å². The van der Waals surface area contributed by atoms with Crippen molar-refractivity contribution in [3.63, 3.8) is 0 Å². The average molecular weight is 207 g/mol. The standard InChI is InChI=1S/C12H17NS/c1-9-3-4-11(7-10(9)2)13-12-5-6-14-8-12/h3-4,7,12-13H,5-6,8H2,1-2H3/t12-/m1/s1. The molecular formula is C12H17NS. The predicted octanol–water partition coefficient (Wildman–Crippen LogP) is 3.22. The zero-order valence-electron chi connectivity index (χ0n) is 8.84. The summed E-state index contributed by atoms with van der Waals surface area (Å²) in [5.74, 6) is 2.56. The van der Waals surface area contributed by atoms with Gasteiger partial charge in [0.2, 0.25) is 0 Å². The van der Waals surface area contributed by atoms with Gasteiger partial charge in [0.25, 0.3) is 0 Å². The SMILES string of the molecule is Cc1ccc(N[C@@H]2CCSC2)cc1C. The smallest absolute Gasteiger partial charge is 0.0359 e. The molecule has 0 spiro atoms. The third-order valence-electron chi connectivity index (χ3n) is 2.81. The molecule has 1 aromatic rings. The molecule has 76 valence electrons. The van der Waals surface area contributed by atoms with Crippen LogP contribution in [0.4, 0.5) is 5.69 Å². The highest BCUT2D eigenvalue weighted by molar-refractivity contribution is 7.99. The van der Waals surface area contributed by atoms with E-state index in [1.807, 2.05) is 11.8 Å². The molecule has 1 saturated heterocycles. The van der Waals surface area contributed by atoms with E-state index in [-0.39, 0.29) is 0 Å². The Hall–Kier alpha value is -0.630. The van der Waals surface area contributed by atoms with Crippen molar-refractivity contribution in [1.29, 1.82) is 0 Å². The molecule has 0 bridgehead atoms. The molecule has 1 aliphatic heterocycles. The summed E-state index contributed by atoms with van der Waals surface area (Å²) in [7, 11) is 0. The maximum atomic E-state index is 3.59. The van der Waals surface area contributed by atoms with Gasteiger partial charge in [-0.15, -0.1) is 0 Å². The van der Waals surface area contributed by atoms with E-state index in [1.54, 1.807) is 0 Å². The van der Waals surface area contributed by atoms with Gasteiger partial charge in [-0.1, -0.05) is 6.07 Å². The third-order valence-corrected chi connectivity index (χ3v) is 3.97. The fourth-order valence-corrected chi connectivity index (χ4v) is 2.87. The molecule has 0 unspecified atom stereocenters. The fraction of sp³-hybridized carbons (Fsp3) is 0.500. The van der Waals surface area contributed by atoms with Gasteiger partial charge in [0.15, 0.2) is 0 Å². The molecule has 0 aliphatic carbocycles. The van der Waals surface area contributed by atoms with Crippen molar-refractivity contribution in [2.75, 3.05) is 16.8 Å². The van der Waals surface area contributed by atoms with Crippen molar-refractivity contribution in [2.24, 2.45) is 0 Å². The summed E-state index contributed by atoms with van der Waals surface area (Å²) in [4.78, 5) is 0. The molecule has 1 fully saturated rings. The Labute approximate surface area is 90.3 Å². The monoisotopic (exact) mass is 207 g/mol. The first-order chi connectivity index (χ1) is 6.75. The number of rotatable bonds is 2. The van der Waals surface area contributed by atoms with Crippen molar-refractivity contribution in [2.45, 2.75) is 26.3 Å². The highest BCUT2D eigenvalue weighted by Crippen LogP contribution is 2.22. The van der Waals surface area contributed by atoms with Gasteiger partial charge in [0, 0.05) is 17.5 Å². The maximum absolute atomic E-state index is 3.59. The zero-order valence-corrected chi connectivity index (χ0v) is 9.66. The highest BCUT2D eigenvalue weighted by atomic mass is 32.2. The quantitative estimate of drug-likeness (QED) is 0.799. The lowest BCUT2D eigenvalue weighted by Gasteiger charge is -2.13. The highest BCUT2D eigenvalue weighted by Gasteiger charge is 2.14. The molecule has 1 nitrogen and oxygen atoms in total. The van der Waals surface area contributed by atoms with Crippen LogP contribution in [0.1, 0.15) is 17.5 Å². The van der Waals surface area contributed by atoms with Crippen molar-refractivity contribution < 1.29 is 0 Å². The minimum Gasteiger partial charge on any atom is -0.381 e. The number of benzene rings is 1. The van der Waals surface area contributed by atoms with Crippen LogP contribution in [0.3, 0.4) is 0 Å². The number of anilines is 1. The summed E-state index contributed by atoms with van der Waals surface area (Å²) in [5.41, 5.74) is 4.03. The van der Waals surface area contributed by atoms with E-state index in [0.717, 1.165) is 0 Å². The molecule has 0 aromatic heterocycles. The second-order valence-electron chi connectivity index (χ2n) is 4.00. The number of thioether (sulfide) groups is 1. The summed E-state index contributed by atoms with van der Waals surface area (Å²) < 4.78 is 0. The molecule has 0 saturated carbocycles. The van der Waals surface area contributed by atoms with Crippen LogP contribution in [0.2, 0.25) is 0 Å². The third kappa shape index (κ3) is 2.24. The van der Waals surface area contributed by atoms with Crippen LogP contribution in [0.5, 0.6) is 0 Å². The Morgan fingerprint density at radius 2 is 2.14 bits per heavy atom. The Morgan fingerprint density at radius 1 is 1.29 bits per heavy atom. The van der Waals surface area contributed by atoms with Crippen molar-refractivity contribution >= 4 is 17.4 Å². The van der Waals surface area contributed by atoms with E-state index in [4.69, 9.17) is 0 Å². The van der Waals surface area contributed by atoms with Gasteiger partial charge >= 0.3 is 0 Å². The molecule has 1 N–H and O–H groups in total. The van der Waals surface area contributed by atoms with E-state index in [2.05, 4.69) is 37.4 Å². The first-order valence-electron chi connectivity index (χ1n) is 5.17. The molecule has 1 aliphatic rings. The van der Waals surface area contributed by atoms with Gasteiger partial charge in [0.1, 0.15) is 0 Å². The lowest BCUT2D eigenvalue weighted by atomic mass is 10.1. The molecule has 0 amide bonds. The summed E-state index contributed by atoms with van der Waals surface area (Å²) in [5, 5.41) is 3.59. The summed E-state index contributed by atoms with van der Waals surface area (Å²) in [6.07, 6.45) is 1.30. The number of nitrogens with one attached hydrogen (secondary N) is 1.